The van der Waals surface area contributed by atoms with Gasteiger partial charge in [-0.25, -0.2) is 14.8 Å². The molecule has 2 N–H and O–H groups in total. The molecule has 1 aliphatic rings. The summed E-state index contributed by atoms with van der Waals surface area (Å²) in [6.07, 6.45) is 4.08. The highest BCUT2D eigenvalue weighted by Crippen LogP contribution is 2.41. The number of thiophene rings is 1. The number of aromatic nitrogens is 3. The van der Waals surface area contributed by atoms with Crippen molar-refractivity contribution >= 4 is 60.7 Å². The normalized spacial score (nSPS) is 15.1. The average molecular weight is 544 g/mol. The van der Waals surface area contributed by atoms with E-state index in [4.69, 9.17) is 14.2 Å². The predicted octanol–water partition coefficient (Wildman–Crippen LogP) is 4.70. The molecule has 1 aliphatic carbocycles. The molecule has 1 amide bonds. The molecule has 3 heterocycles. The van der Waals surface area contributed by atoms with Gasteiger partial charge in [-0.05, 0) is 30.9 Å². The van der Waals surface area contributed by atoms with Crippen LogP contribution in [0.1, 0.15) is 30.2 Å². The fourth-order valence-electron chi connectivity index (χ4n) is 4.63. The third-order valence-electron chi connectivity index (χ3n) is 6.38. The number of fused-ring (bicyclic) bond motifs is 4. The smallest absolute Gasteiger partial charge is 0.410 e. The van der Waals surface area contributed by atoms with Crippen molar-refractivity contribution in [3.63, 3.8) is 0 Å². The van der Waals surface area contributed by atoms with Crippen molar-refractivity contribution in [1.82, 2.24) is 19.9 Å². The van der Waals surface area contributed by atoms with Gasteiger partial charge in [-0.3, -0.25) is 4.79 Å². The van der Waals surface area contributed by atoms with Crippen LogP contribution < -0.4 is 14.9 Å². The molecule has 1 atom stereocenters. The Kier molecular flexibility index (Phi) is 7.58. The molecule has 1 aromatic carbocycles. The van der Waals surface area contributed by atoms with E-state index in [2.05, 4.69) is 20.3 Å². The van der Waals surface area contributed by atoms with E-state index < -0.39 is 0 Å². The highest BCUT2D eigenvalue weighted by molar-refractivity contribution is 7.19. The number of amides is 1. The zero-order chi connectivity index (χ0) is 25.9. The van der Waals surface area contributed by atoms with Gasteiger partial charge in [0.1, 0.15) is 28.8 Å². The summed E-state index contributed by atoms with van der Waals surface area (Å²) in [4.78, 5) is 40.1. The number of hydrogen-bond donors (Lipinski definition) is 2. The van der Waals surface area contributed by atoms with Gasteiger partial charge in [0.25, 0.3) is 0 Å². The van der Waals surface area contributed by atoms with Crippen LogP contribution >= 0.6 is 22.7 Å². The fraction of sp³-hybridized carbons (Fsp3) is 0.440. The van der Waals surface area contributed by atoms with E-state index in [1.807, 2.05) is 19.1 Å². The zero-order valence-electron chi connectivity index (χ0n) is 21.0. The second kappa shape index (κ2) is 11.0. The lowest BCUT2D eigenvalue weighted by Gasteiger charge is -2.27. The Morgan fingerprint density at radius 1 is 1.24 bits per heavy atom. The molecule has 0 spiro atoms. The Labute approximate surface area is 221 Å². The summed E-state index contributed by atoms with van der Waals surface area (Å²) < 4.78 is 17.4. The first-order valence-electron chi connectivity index (χ1n) is 12.2. The van der Waals surface area contributed by atoms with Crippen LogP contribution in [0.2, 0.25) is 0 Å². The van der Waals surface area contributed by atoms with Crippen molar-refractivity contribution in [1.29, 1.82) is 0 Å². The summed E-state index contributed by atoms with van der Waals surface area (Å²) in [7, 11) is 3.22. The lowest BCUT2D eigenvalue weighted by atomic mass is 9.94. The van der Waals surface area contributed by atoms with Crippen molar-refractivity contribution in [2.24, 2.45) is 0 Å². The van der Waals surface area contributed by atoms with E-state index in [9.17, 15) is 9.59 Å². The Morgan fingerprint density at radius 3 is 2.89 bits per heavy atom. The molecule has 1 unspecified atom stereocenters. The van der Waals surface area contributed by atoms with Crippen LogP contribution in [0.5, 0.6) is 5.75 Å². The first kappa shape index (κ1) is 25.4. The minimum Gasteiger partial charge on any atom is -0.494 e. The number of thiazole rings is 1. The highest BCUT2D eigenvalue weighted by Gasteiger charge is 2.29. The molecule has 0 fully saturated rings. The third kappa shape index (κ3) is 5.27. The highest BCUT2D eigenvalue weighted by atomic mass is 32.1. The summed E-state index contributed by atoms with van der Waals surface area (Å²) in [6, 6.07) is 3.70. The van der Waals surface area contributed by atoms with Crippen molar-refractivity contribution in [3.05, 3.63) is 38.6 Å². The van der Waals surface area contributed by atoms with Crippen LogP contribution in [0, 0.1) is 0 Å². The molecule has 0 saturated carbocycles. The number of H-pyrrole nitrogens is 1. The maximum atomic E-state index is 12.8. The molecular weight excluding hydrogens is 514 g/mol. The van der Waals surface area contributed by atoms with Crippen molar-refractivity contribution in [2.75, 3.05) is 39.2 Å². The number of ether oxygens (including phenoxy) is 3. The summed E-state index contributed by atoms with van der Waals surface area (Å²) in [5.41, 5.74) is 2.64. The van der Waals surface area contributed by atoms with Gasteiger partial charge in [-0.2, -0.15) is 0 Å². The monoisotopic (exact) mass is 543 g/mol. The van der Waals surface area contributed by atoms with Gasteiger partial charge in [0.2, 0.25) is 0 Å². The molecular formula is C25H29N5O5S2. The number of carbonyl (C=O) groups is 1. The second-order valence-corrected chi connectivity index (χ2v) is 10.9. The minimum atomic E-state index is -0.287. The maximum absolute atomic E-state index is 12.8. The lowest BCUT2D eigenvalue weighted by Crippen LogP contribution is -2.38. The molecule has 196 valence electrons. The van der Waals surface area contributed by atoms with Gasteiger partial charge in [0.05, 0.1) is 35.0 Å². The largest absolute Gasteiger partial charge is 0.494 e. The van der Waals surface area contributed by atoms with Gasteiger partial charge in [-0.1, -0.05) is 18.3 Å². The summed E-state index contributed by atoms with van der Waals surface area (Å²) in [5, 5.41) is 4.39. The molecule has 4 aromatic rings. The Morgan fingerprint density at radius 2 is 2.11 bits per heavy atom. The SMILES string of the molecule is CCCN(CCOC)C(=O)OC1CCc2c(sc3ncnc(Nc4cc5sc(=O)[nH]c5cc4OC)c23)C1. The number of aromatic amines is 1. The zero-order valence-corrected chi connectivity index (χ0v) is 22.6. The van der Waals surface area contributed by atoms with Crippen LogP contribution in [0.25, 0.3) is 20.4 Å². The van der Waals surface area contributed by atoms with Gasteiger partial charge in [-0.15, -0.1) is 11.3 Å². The van der Waals surface area contributed by atoms with E-state index in [0.717, 1.165) is 61.6 Å². The van der Waals surface area contributed by atoms with E-state index in [1.165, 1.54) is 5.56 Å². The molecule has 0 radical (unpaired) electrons. The Hall–Kier alpha value is -3.22. The molecule has 0 bridgehead atoms. The number of aryl methyl sites for hydroxylation is 1. The van der Waals surface area contributed by atoms with Crippen molar-refractivity contribution in [2.45, 2.75) is 38.7 Å². The molecule has 37 heavy (non-hydrogen) atoms. The summed E-state index contributed by atoms with van der Waals surface area (Å²) in [5.74, 6) is 1.29. The minimum absolute atomic E-state index is 0.114. The standard InChI is InChI=1S/C25H29N5O5S2/c1-4-7-30(8-9-33-2)25(32)35-14-5-6-15-19(10-14)36-23-21(15)22(26-13-27-23)28-16-12-20-17(11-18(16)34-3)29-24(31)37-20/h11-14H,4-10H2,1-3H3,(H,29,31)(H,26,27,28). The maximum Gasteiger partial charge on any atom is 0.410 e. The van der Waals surface area contributed by atoms with Crippen molar-refractivity contribution < 1.29 is 19.0 Å². The topological polar surface area (TPSA) is 119 Å². The fourth-order valence-corrected chi connectivity index (χ4v) is 6.64. The van der Waals surface area contributed by atoms with Gasteiger partial charge >= 0.3 is 11.0 Å². The average Bonchev–Trinajstić information content (AvgIpc) is 3.44. The van der Waals surface area contributed by atoms with E-state index in [0.29, 0.717) is 37.7 Å². The second-order valence-electron chi connectivity index (χ2n) is 8.82. The van der Waals surface area contributed by atoms with E-state index >= 15 is 0 Å². The molecule has 0 saturated heterocycles. The van der Waals surface area contributed by atoms with Crippen LogP contribution in [0.15, 0.2) is 23.3 Å². The van der Waals surface area contributed by atoms with Crippen molar-refractivity contribution in [3.8, 4) is 5.75 Å². The van der Waals surface area contributed by atoms with Crippen LogP contribution in [0.4, 0.5) is 16.3 Å². The predicted molar refractivity (Wildman–Crippen MR) is 146 cm³/mol. The Balaban J connectivity index is 1.39. The number of methoxy groups -OCH3 is 2. The van der Waals surface area contributed by atoms with E-state index in [-0.39, 0.29) is 17.1 Å². The third-order valence-corrected chi connectivity index (χ3v) is 8.39. The van der Waals surface area contributed by atoms with Crippen LogP contribution in [0.3, 0.4) is 0 Å². The quantitative estimate of drug-likeness (QED) is 0.312. The lowest BCUT2D eigenvalue weighted by molar-refractivity contribution is 0.0496. The molecule has 10 nitrogen and oxygen atoms in total. The Bertz CT molecular complexity index is 1480. The number of nitrogens with zero attached hydrogens (tertiary/aromatic N) is 3. The first-order chi connectivity index (χ1) is 18.0. The number of rotatable bonds is 9. The molecule has 3 aromatic heterocycles. The molecule has 12 heteroatoms. The van der Waals surface area contributed by atoms with Gasteiger partial charge in [0, 0.05) is 37.6 Å². The summed E-state index contributed by atoms with van der Waals surface area (Å²) >= 11 is 2.76. The van der Waals surface area contributed by atoms with E-state index in [1.54, 1.807) is 36.8 Å². The van der Waals surface area contributed by atoms with Crippen LogP contribution in [-0.4, -0.2) is 66.0 Å². The number of anilines is 2. The molecule has 0 aliphatic heterocycles. The first-order valence-corrected chi connectivity index (χ1v) is 13.8. The number of carbonyl (C=O) groups excluding carboxylic acids is 1. The molecule has 5 rings (SSSR count). The van der Waals surface area contributed by atoms with Gasteiger partial charge < -0.3 is 29.4 Å². The number of benzene rings is 1. The van der Waals surface area contributed by atoms with Crippen LogP contribution in [-0.2, 0) is 22.3 Å². The number of nitrogens with one attached hydrogen (secondary N) is 2. The van der Waals surface area contributed by atoms with Gasteiger partial charge in [0.15, 0.2) is 0 Å². The number of hydrogen-bond acceptors (Lipinski definition) is 10. The summed E-state index contributed by atoms with van der Waals surface area (Å²) in [6.45, 7) is 3.68.